The first-order valence-corrected chi connectivity index (χ1v) is 6.88. The quantitative estimate of drug-likeness (QED) is 0.794. The van der Waals surface area contributed by atoms with Crippen LogP contribution < -0.4 is 10.6 Å². The van der Waals surface area contributed by atoms with Gasteiger partial charge in [0.05, 0.1) is 20.7 Å². The minimum Gasteiger partial charge on any atom is -0.372 e. The number of benzene rings is 1. The van der Waals surface area contributed by atoms with E-state index >= 15 is 0 Å². The van der Waals surface area contributed by atoms with E-state index in [1.807, 2.05) is 0 Å². The van der Waals surface area contributed by atoms with Gasteiger partial charge in [-0.2, -0.15) is 0 Å². The number of aromatic nitrogens is 1. The first kappa shape index (κ1) is 15.7. The summed E-state index contributed by atoms with van der Waals surface area (Å²) >= 11 is 8.76. The lowest BCUT2D eigenvalue weighted by Gasteiger charge is -2.09. The second-order valence-electron chi connectivity index (χ2n) is 4.00. The Morgan fingerprint density at radius 1 is 1.29 bits per heavy atom. The molecule has 0 unspecified atom stereocenters. The van der Waals surface area contributed by atoms with Crippen molar-refractivity contribution < 1.29 is 13.6 Å². The van der Waals surface area contributed by atoms with Crippen molar-refractivity contribution in [2.24, 2.45) is 0 Å². The van der Waals surface area contributed by atoms with E-state index in [1.165, 1.54) is 12.3 Å². The van der Waals surface area contributed by atoms with E-state index in [2.05, 4.69) is 31.5 Å². The average molecular weight is 377 g/mol. The van der Waals surface area contributed by atoms with Gasteiger partial charge < -0.3 is 10.6 Å². The summed E-state index contributed by atoms with van der Waals surface area (Å²) in [6.45, 7) is 0. The molecule has 21 heavy (non-hydrogen) atoms. The highest BCUT2D eigenvalue weighted by Gasteiger charge is 2.14. The topological polar surface area (TPSA) is 54.0 Å². The van der Waals surface area contributed by atoms with Crippen molar-refractivity contribution in [1.29, 1.82) is 0 Å². The molecule has 8 heteroatoms. The van der Waals surface area contributed by atoms with Crippen molar-refractivity contribution in [3.05, 3.63) is 51.1 Å². The number of rotatable bonds is 3. The van der Waals surface area contributed by atoms with Crippen LogP contribution in [0, 0.1) is 11.6 Å². The number of carbonyl (C=O) groups excluding carboxylic acids is 1. The zero-order valence-corrected chi connectivity index (χ0v) is 13.0. The van der Waals surface area contributed by atoms with Crippen LogP contribution in [0.3, 0.4) is 0 Å². The first-order chi connectivity index (χ1) is 9.92. The van der Waals surface area contributed by atoms with Crippen molar-refractivity contribution in [1.82, 2.24) is 4.98 Å². The highest BCUT2D eigenvalue weighted by molar-refractivity contribution is 9.10. The van der Waals surface area contributed by atoms with Gasteiger partial charge in [-0.1, -0.05) is 11.6 Å². The molecule has 2 aromatic rings. The Morgan fingerprint density at radius 2 is 2.00 bits per heavy atom. The van der Waals surface area contributed by atoms with Crippen molar-refractivity contribution >= 4 is 44.9 Å². The van der Waals surface area contributed by atoms with Gasteiger partial charge in [-0.05, 0) is 28.1 Å². The Morgan fingerprint density at radius 3 is 2.62 bits per heavy atom. The van der Waals surface area contributed by atoms with Gasteiger partial charge >= 0.3 is 0 Å². The van der Waals surface area contributed by atoms with Gasteiger partial charge in [0.25, 0.3) is 5.91 Å². The first-order valence-electron chi connectivity index (χ1n) is 5.71. The summed E-state index contributed by atoms with van der Waals surface area (Å²) < 4.78 is 27.0. The van der Waals surface area contributed by atoms with Crippen LogP contribution in [0.1, 0.15) is 10.4 Å². The standard InChI is InChI=1S/C13H9BrClF2N3O/c1-18-12-8(15)2-6(5-19-12)13(21)20-11-4-9(16)7(14)3-10(11)17/h2-5H,1H3,(H,18,19)(H,20,21). The molecule has 0 saturated heterocycles. The highest BCUT2D eigenvalue weighted by Crippen LogP contribution is 2.24. The predicted octanol–water partition coefficient (Wildman–Crippen LogP) is 4.07. The fourth-order valence-corrected chi connectivity index (χ4v) is 2.14. The molecule has 1 amide bonds. The maximum atomic E-state index is 13.6. The van der Waals surface area contributed by atoms with Crippen LogP contribution >= 0.6 is 27.5 Å². The van der Waals surface area contributed by atoms with E-state index in [1.54, 1.807) is 7.05 Å². The summed E-state index contributed by atoms with van der Waals surface area (Å²) in [5.74, 6) is -1.68. The van der Waals surface area contributed by atoms with Gasteiger partial charge in [0.15, 0.2) is 0 Å². The normalized spacial score (nSPS) is 10.3. The van der Waals surface area contributed by atoms with Crippen molar-refractivity contribution in [2.45, 2.75) is 0 Å². The van der Waals surface area contributed by atoms with Crippen molar-refractivity contribution in [2.75, 3.05) is 17.7 Å². The van der Waals surface area contributed by atoms with Crippen molar-refractivity contribution in [3.8, 4) is 0 Å². The lowest BCUT2D eigenvalue weighted by molar-refractivity contribution is 0.102. The Labute approximate surface area is 132 Å². The number of amides is 1. The number of hydrogen-bond acceptors (Lipinski definition) is 3. The molecular weight excluding hydrogens is 368 g/mol. The lowest BCUT2D eigenvalue weighted by atomic mass is 10.2. The molecule has 1 aromatic heterocycles. The van der Waals surface area contributed by atoms with Crippen LogP contribution in [-0.2, 0) is 0 Å². The monoisotopic (exact) mass is 375 g/mol. The summed E-state index contributed by atoms with van der Waals surface area (Å²) in [7, 11) is 1.63. The smallest absolute Gasteiger partial charge is 0.257 e. The predicted molar refractivity (Wildman–Crippen MR) is 80.8 cm³/mol. The SMILES string of the molecule is CNc1ncc(C(=O)Nc2cc(F)c(Br)cc2F)cc1Cl. The fourth-order valence-electron chi connectivity index (χ4n) is 1.56. The van der Waals surface area contributed by atoms with Crippen LogP contribution in [0.2, 0.25) is 5.02 Å². The van der Waals surface area contributed by atoms with E-state index in [9.17, 15) is 13.6 Å². The molecule has 0 bridgehead atoms. The van der Waals surface area contributed by atoms with Crippen LogP contribution in [0.4, 0.5) is 20.3 Å². The number of anilines is 2. The number of hydrogen-bond donors (Lipinski definition) is 2. The number of halogens is 4. The lowest BCUT2D eigenvalue weighted by Crippen LogP contribution is -2.14. The molecule has 0 aliphatic heterocycles. The van der Waals surface area contributed by atoms with Gasteiger partial charge in [0, 0.05) is 19.3 Å². The molecule has 0 saturated carbocycles. The number of nitrogens with zero attached hydrogens (tertiary/aromatic N) is 1. The molecule has 2 rings (SSSR count). The molecule has 110 valence electrons. The minimum absolute atomic E-state index is 0.0268. The van der Waals surface area contributed by atoms with Crippen LogP contribution in [0.15, 0.2) is 28.9 Å². The molecule has 0 spiro atoms. The Balaban J connectivity index is 2.26. The number of nitrogens with one attached hydrogen (secondary N) is 2. The third-order valence-electron chi connectivity index (χ3n) is 2.60. The fraction of sp³-hybridized carbons (Fsp3) is 0.0769. The average Bonchev–Trinajstić information content (AvgIpc) is 2.44. The van der Waals surface area contributed by atoms with Gasteiger partial charge in [-0.3, -0.25) is 4.79 Å². The van der Waals surface area contributed by atoms with Crippen LogP contribution in [-0.4, -0.2) is 17.9 Å². The van der Waals surface area contributed by atoms with Crippen LogP contribution in [0.5, 0.6) is 0 Å². The zero-order valence-electron chi connectivity index (χ0n) is 10.7. The largest absolute Gasteiger partial charge is 0.372 e. The second kappa shape index (κ2) is 6.36. The third kappa shape index (κ3) is 3.48. The third-order valence-corrected chi connectivity index (χ3v) is 3.49. The van der Waals surface area contributed by atoms with Gasteiger partial charge in [-0.15, -0.1) is 0 Å². The molecule has 1 aromatic carbocycles. The van der Waals surface area contributed by atoms with Gasteiger partial charge in [0.2, 0.25) is 0 Å². The molecule has 2 N–H and O–H groups in total. The molecule has 0 aliphatic rings. The molecule has 1 heterocycles. The van der Waals surface area contributed by atoms with Gasteiger partial charge in [-0.25, -0.2) is 13.8 Å². The number of carbonyl (C=O) groups is 1. The van der Waals surface area contributed by atoms with Crippen LogP contribution in [0.25, 0.3) is 0 Å². The molecule has 0 fully saturated rings. The summed E-state index contributed by atoms with van der Waals surface area (Å²) in [5, 5.41) is 5.25. The minimum atomic E-state index is -0.762. The highest BCUT2D eigenvalue weighted by atomic mass is 79.9. The van der Waals surface area contributed by atoms with E-state index in [-0.39, 0.29) is 20.7 Å². The van der Waals surface area contributed by atoms with Gasteiger partial charge in [0.1, 0.15) is 17.5 Å². The van der Waals surface area contributed by atoms with E-state index in [0.29, 0.717) is 5.82 Å². The molecule has 0 aliphatic carbocycles. The maximum Gasteiger partial charge on any atom is 0.257 e. The molecule has 0 radical (unpaired) electrons. The molecule has 0 atom stereocenters. The Hall–Kier alpha value is -1.73. The Bertz CT molecular complexity index is 712. The summed E-state index contributed by atoms with van der Waals surface area (Å²) in [6.07, 6.45) is 1.28. The van der Waals surface area contributed by atoms with Crippen molar-refractivity contribution in [3.63, 3.8) is 0 Å². The van der Waals surface area contributed by atoms with E-state index in [0.717, 1.165) is 12.1 Å². The molecular formula is C13H9BrClF2N3O. The second-order valence-corrected chi connectivity index (χ2v) is 5.27. The van der Waals surface area contributed by atoms with E-state index in [4.69, 9.17) is 11.6 Å². The summed E-state index contributed by atoms with van der Waals surface area (Å²) in [6, 6.07) is 3.19. The number of pyridine rings is 1. The Kier molecular flexibility index (Phi) is 4.74. The summed E-state index contributed by atoms with van der Waals surface area (Å²) in [5.41, 5.74) is -0.142. The maximum absolute atomic E-state index is 13.6. The zero-order chi connectivity index (χ0) is 15.6. The van der Waals surface area contributed by atoms with E-state index < -0.39 is 17.5 Å². The summed E-state index contributed by atoms with van der Waals surface area (Å²) in [4.78, 5) is 15.9. The molecule has 4 nitrogen and oxygen atoms in total.